The van der Waals surface area contributed by atoms with Gasteiger partial charge in [0.25, 0.3) is 5.91 Å². The van der Waals surface area contributed by atoms with Crippen LogP contribution in [0.25, 0.3) is 0 Å². The first-order valence-corrected chi connectivity index (χ1v) is 5.90. The van der Waals surface area contributed by atoms with E-state index in [4.69, 9.17) is 15.6 Å². The summed E-state index contributed by atoms with van der Waals surface area (Å²) in [6.07, 6.45) is -0.108. The number of aliphatic carboxylic acids is 1. The van der Waals surface area contributed by atoms with Crippen LogP contribution in [0.1, 0.15) is 13.8 Å². The van der Waals surface area contributed by atoms with Crippen LogP contribution < -0.4 is 10.6 Å². The third-order valence-corrected chi connectivity index (χ3v) is 2.36. The number of rotatable bonds is 6. The molecule has 0 heterocycles. The van der Waals surface area contributed by atoms with E-state index >= 15 is 0 Å². The lowest BCUT2D eigenvalue weighted by atomic mass is 10.2. The van der Waals surface area contributed by atoms with E-state index in [-0.39, 0.29) is 12.7 Å². The molecule has 0 fully saturated rings. The van der Waals surface area contributed by atoms with Crippen molar-refractivity contribution in [1.82, 2.24) is 0 Å². The fourth-order valence-corrected chi connectivity index (χ4v) is 1.49. The Bertz CT molecular complexity index is 460. The zero-order chi connectivity index (χ0) is 14.4. The molecule has 0 aromatic heterocycles. The number of carboxylic acid groups (broad SMARTS) is 1. The largest absolute Gasteiger partial charge is 0.480 e. The predicted molar refractivity (Wildman–Crippen MR) is 71.9 cm³/mol. The van der Waals surface area contributed by atoms with Crippen LogP contribution in [0.4, 0.5) is 11.4 Å². The van der Waals surface area contributed by atoms with Crippen LogP contribution in [0.5, 0.6) is 0 Å². The standard InChI is InChI=1S/C13H18N2O4/c1-9(2)19-8-12(16)15(7-13(17)18)11-6-4-3-5-10(11)14/h3-6,9H,7-8,14H2,1-2H3,(H,17,18). The first-order chi connectivity index (χ1) is 8.91. The number of hydrogen-bond donors (Lipinski definition) is 2. The van der Waals surface area contributed by atoms with Gasteiger partial charge in [-0.1, -0.05) is 12.1 Å². The van der Waals surface area contributed by atoms with Gasteiger partial charge in [0.1, 0.15) is 13.2 Å². The number of anilines is 2. The molecule has 0 unspecified atom stereocenters. The Kier molecular flexibility index (Phi) is 5.32. The van der Waals surface area contributed by atoms with Crippen LogP contribution in [-0.4, -0.2) is 36.2 Å². The van der Waals surface area contributed by atoms with Gasteiger partial charge in [0.15, 0.2) is 0 Å². The minimum absolute atomic E-state index is 0.108. The molecular weight excluding hydrogens is 248 g/mol. The van der Waals surface area contributed by atoms with E-state index in [2.05, 4.69) is 0 Å². The smallest absolute Gasteiger partial charge is 0.323 e. The SMILES string of the molecule is CC(C)OCC(=O)N(CC(=O)O)c1ccccc1N. The average Bonchev–Trinajstić information content (AvgIpc) is 2.33. The van der Waals surface area contributed by atoms with Gasteiger partial charge < -0.3 is 15.6 Å². The summed E-state index contributed by atoms with van der Waals surface area (Å²) >= 11 is 0. The molecule has 104 valence electrons. The predicted octanol–water partition coefficient (Wildman–Crippen LogP) is 1.11. The number of benzene rings is 1. The molecular formula is C13H18N2O4. The Balaban J connectivity index is 2.92. The number of nitrogen functional groups attached to an aromatic ring is 1. The Hall–Kier alpha value is -2.08. The molecule has 0 aliphatic rings. The molecule has 0 bridgehead atoms. The minimum atomic E-state index is -1.11. The summed E-state index contributed by atoms with van der Waals surface area (Å²) in [4.78, 5) is 24.0. The first kappa shape index (κ1) is 15.0. The number of nitrogens with two attached hydrogens (primary N) is 1. The van der Waals surface area contributed by atoms with Crippen LogP contribution >= 0.6 is 0 Å². The monoisotopic (exact) mass is 266 g/mol. The Morgan fingerprint density at radius 2 is 2.00 bits per heavy atom. The van der Waals surface area contributed by atoms with Crippen molar-refractivity contribution in [3.05, 3.63) is 24.3 Å². The fourth-order valence-electron chi connectivity index (χ4n) is 1.49. The van der Waals surface area contributed by atoms with Crippen molar-refractivity contribution in [3.63, 3.8) is 0 Å². The Morgan fingerprint density at radius 1 is 1.37 bits per heavy atom. The molecule has 0 aliphatic heterocycles. The number of carbonyl (C=O) groups is 2. The molecule has 0 aliphatic carbocycles. The summed E-state index contributed by atoms with van der Waals surface area (Å²) < 4.78 is 5.20. The molecule has 19 heavy (non-hydrogen) atoms. The molecule has 0 radical (unpaired) electrons. The van der Waals surface area contributed by atoms with E-state index in [1.54, 1.807) is 38.1 Å². The molecule has 0 saturated heterocycles. The van der Waals surface area contributed by atoms with Gasteiger partial charge in [-0.05, 0) is 26.0 Å². The maximum atomic E-state index is 12.0. The summed E-state index contributed by atoms with van der Waals surface area (Å²) in [6.45, 7) is 2.96. The highest BCUT2D eigenvalue weighted by atomic mass is 16.5. The van der Waals surface area contributed by atoms with Crippen molar-refractivity contribution < 1.29 is 19.4 Å². The van der Waals surface area contributed by atoms with E-state index in [1.807, 2.05) is 0 Å². The van der Waals surface area contributed by atoms with Gasteiger partial charge in [0.05, 0.1) is 17.5 Å². The summed E-state index contributed by atoms with van der Waals surface area (Å²) in [6, 6.07) is 6.62. The number of carboxylic acids is 1. The van der Waals surface area contributed by atoms with Crippen molar-refractivity contribution in [2.45, 2.75) is 20.0 Å². The third kappa shape index (κ3) is 4.59. The van der Waals surface area contributed by atoms with Gasteiger partial charge in [0.2, 0.25) is 0 Å². The fraction of sp³-hybridized carbons (Fsp3) is 0.385. The maximum Gasteiger partial charge on any atom is 0.323 e. The zero-order valence-corrected chi connectivity index (χ0v) is 11.0. The van der Waals surface area contributed by atoms with Crippen LogP contribution in [0.3, 0.4) is 0 Å². The summed E-state index contributed by atoms with van der Waals surface area (Å²) in [5.74, 6) is -1.55. The molecule has 0 spiro atoms. The highest BCUT2D eigenvalue weighted by Crippen LogP contribution is 2.22. The second kappa shape index (κ2) is 6.75. The number of ether oxygens (including phenoxy) is 1. The number of hydrogen-bond acceptors (Lipinski definition) is 4. The lowest BCUT2D eigenvalue weighted by Gasteiger charge is -2.22. The van der Waals surface area contributed by atoms with Crippen LogP contribution in [0.15, 0.2) is 24.3 Å². The van der Waals surface area contributed by atoms with Crippen molar-refractivity contribution in [2.24, 2.45) is 0 Å². The first-order valence-electron chi connectivity index (χ1n) is 5.90. The Labute approximate surface area is 111 Å². The summed E-state index contributed by atoms with van der Waals surface area (Å²) in [5, 5.41) is 8.89. The molecule has 3 N–H and O–H groups in total. The quantitative estimate of drug-likeness (QED) is 0.752. The number of amides is 1. The molecule has 1 rings (SSSR count). The van der Waals surface area contributed by atoms with Crippen LogP contribution in [0, 0.1) is 0 Å². The normalized spacial score (nSPS) is 10.5. The highest BCUT2D eigenvalue weighted by molar-refractivity contribution is 6.00. The highest BCUT2D eigenvalue weighted by Gasteiger charge is 2.20. The zero-order valence-electron chi connectivity index (χ0n) is 11.0. The number of carbonyl (C=O) groups excluding carboxylic acids is 1. The van der Waals surface area contributed by atoms with E-state index in [1.165, 1.54) is 0 Å². The lowest BCUT2D eigenvalue weighted by molar-refractivity contribution is -0.137. The van der Waals surface area contributed by atoms with Gasteiger partial charge in [-0.2, -0.15) is 0 Å². The molecule has 0 saturated carbocycles. The molecule has 1 aromatic carbocycles. The Morgan fingerprint density at radius 3 is 2.53 bits per heavy atom. The van der Waals surface area contributed by atoms with Crippen molar-refractivity contribution in [1.29, 1.82) is 0 Å². The second-order valence-electron chi connectivity index (χ2n) is 4.29. The summed E-state index contributed by atoms with van der Waals surface area (Å²) in [7, 11) is 0. The maximum absolute atomic E-state index is 12.0. The van der Waals surface area contributed by atoms with Gasteiger partial charge in [0, 0.05) is 0 Å². The molecule has 6 heteroatoms. The van der Waals surface area contributed by atoms with Crippen molar-refractivity contribution in [2.75, 3.05) is 23.8 Å². The lowest BCUT2D eigenvalue weighted by Crippen LogP contribution is -2.39. The van der Waals surface area contributed by atoms with Gasteiger partial charge in [-0.15, -0.1) is 0 Å². The van der Waals surface area contributed by atoms with E-state index in [0.29, 0.717) is 11.4 Å². The molecule has 1 amide bonds. The molecule has 6 nitrogen and oxygen atoms in total. The second-order valence-corrected chi connectivity index (χ2v) is 4.29. The van der Waals surface area contributed by atoms with E-state index < -0.39 is 18.4 Å². The molecule has 0 atom stereocenters. The van der Waals surface area contributed by atoms with Crippen molar-refractivity contribution in [3.8, 4) is 0 Å². The van der Waals surface area contributed by atoms with Gasteiger partial charge in [-0.25, -0.2) is 0 Å². The minimum Gasteiger partial charge on any atom is -0.480 e. The van der Waals surface area contributed by atoms with Gasteiger partial charge in [-0.3, -0.25) is 14.5 Å². The summed E-state index contributed by atoms with van der Waals surface area (Å²) in [5.41, 5.74) is 6.49. The van der Waals surface area contributed by atoms with E-state index in [0.717, 1.165) is 4.90 Å². The van der Waals surface area contributed by atoms with Crippen LogP contribution in [0.2, 0.25) is 0 Å². The molecule has 1 aromatic rings. The topological polar surface area (TPSA) is 92.9 Å². The number of nitrogens with zero attached hydrogens (tertiary/aromatic N) is 1. The van der Waals surface area contributed by atoms with Crippen LogP contribution in [-0.2, 0) is 14.3 Å². The van der Waals surface area contributed by atoms with E-state index in [9.17, 15) is 9.59 Å². The van der Waals surface area contributed by atoms with Gasteiger partial charge >= 0.3 is 5.97 Å². The third-order valence-electron chi connectivity index (χ3n) is 2.36. The van der Waals surface area contributed by atoms with Crippen molar-refractivity contribution >= 4 is 23.3 Å². The average molecular weight is 266 g/mol. The number of para-hydroxylation sites is 2.